The monoisotopic (exact) mass is 332 g/mol. The van der Waals surface area contributed by atoms with Crippen LogP contribution in [0.5, 0.6) is 0 Å². The summed E-state index contributed by atoms with van der Waals surface area (Å²) < 4.78 is 4.96. The normalized spacial score (nSPS) is 42.8. The first-order valence-electron chi connectivity index (χ1n) is 8.85. The Morgan fingerprint density at radius 1 is 1.42 bits per heavy atom. The summed E-state index contributed by atoms with van der Waals surface area (Å²) in [7, 11) is 0. The number of hydrogen-bond donors (Lipinski definition) is 2. The summed E-state index contributed by atoms with van der Waals surface area (Å²) in [5, 5.41) is 20.5. The predicted octanol–water partition coefficient (Wildman–Crippen LogP) is 2.77. The highest BCUT2D eigenvalue weighted by Crippen LogP contribution is 2.61. The Hall–Kier alpha value is -1.39. The molecular weight excluding hydrogens is 304 g/mol. The zero-order valence-corrected chi connectivity index (χ0v) is 14.6. The van der Waals surface area contributed by atoms with Gasteiger partial charge in [-0.05, 0) is 43.1 Å². The second kappa shape index (κ2) is 6.16. The lowest BCUT2D eigenvalue weighted by Crippen LogP contribution is -2.57. The van der Waals surface area contributed by atoms with Crippen molar-refractivity contribution in [1.82, 2.24) is 0 Å². The van der Waals surface area contributed by atoms with Crippen molar-refractivity contribution in [2.45, 2.75) is 45.6 Å². The van der Waals surface area contributed by atoms with E-state index in [4.69, 9.17) is 4.74 Å². The molecule has 1 heterocycles. The summed E-state index contributed by atoms with van der Waals surface area (Å²) in [5.74, 6) is 0.0981. The van der Waals surface area contributed by atoms with E-state index in [1.807, 2.05) is 13.0 Å². The fourth-order valence-corrected chi connectivity index (χ4v) is 5.20. The Balaban J connectivity index is 1.92. The first kappa shape index (κ1) is 17.4. The highest BCUT2D eigenvalue weighted by Gasteiger charge is 2.57. The van der Waals surface area contributed by atoms with Crippen molar-refractivity contribution in [1.29, 1.82) is 0 Å². The molecule has 2 aliphatic carbocycles. The number of esters is 1. The Kier molecular flexibility index (Phi) is 4.47. The summed E-state index contributed by atoms with van der Waals surface area (Å²) in [6.45, 7) is 8.87. The van der Waals surface area contributed by atoms with Gasteiger partial charge >= 0.3 is 5.97 Å². The highest BCUT2D eigenvalue weighted by molar-refractivity contribution is 5.93. The van der Waals surface area contributed by atoms with E-state index in [0.717, 1.165) is 19.3 Å². The lowest BCUT2D eigenvalue weighted by molar-refractivity contribution is -0.145. The third-order valence-corrected chi connectivity index (χ3v) is 6.78. The fourth-order valence-electron chi connectivity index (χ4n) is 5.20. The molecule has 0 amide bonds. The largest absolute Gasteiger partial charge is 0.458 e. The van der Waals surface area contributed by atoms with Gasteiger partial charge in [0.1, 0.15) is 6.61 Å². The van der Waals surface area contributed by atoms with E-state index in [2.05, 4.69) is 19.6 Å². The van der Waals surface area contributed by atoms with Gasteiger partial charge in [-0.15, -0.1) is 0 Å². The number of ether oxygens (including phenoxy) is 1. The molecule has 3 rings (SSSR count). The number of carbonyl (C=O) groups is 1. The maximum absolute atomic E-state index is 11.7. The number of allylic oxidation sites excluding steroid dienone is 2. The molecule has 0 aromatic rings. The average Bonchev–Trinajstić information content (AvgIpc) is 2.96. The molecule has 4 nitrogen and oxygen atoms in total. The van der Waals surface area contributed by atoms with Crippen LogP contribution < -0.4 is 0 Å². The van der Waals surface area contributed by atoms with E-state index in [0.29, 0.717) is 18.6 Å². The number of fused-ring (bicyclic) bond motifs is 1. The molecular formula is C20H28O4. The molecule has 3 aliphatic rings. The summed E-state index contributed by atoms with van der Waals surface area (Å²) in [6, 6.07) is 0. The van der Waals surface area contributed by atoms with Crippen LogP contribution in [0.1, 0.15) is 39.5 Å². The van der Waals surface area contributed by atoms with Crippen LogP contribution in [0, 0.1) is 22.7 Å². The van der Waals surface area contributed by atoms with Gasteiger partial charge in [-0.2, -0.15) is 0 Å². The maximum atomic E-state index is 11.7. The second-order valence-electron chi connectivity index (χ2n) is 8.07. The van der Waals surface area contributed by atoms with Crippen LogP contribution in [0.15, 0.2) is 36.0 Å². The number of aliphatic hydroxyl groups is 2. The number of carbonyl (C=O) groups excluding carboxylic acids is 1. The minimum atomic E-state index is -0.481. The van der Waals surface area contributed by atoms with Crippen molar-refractivity contribution in [3.8, 4) is 0 Å². The van der Waals surface area contributed by atoms with Crippen LogP contribution in [0.2, 0.25) is 0 Å². The molecule has 0 spiro atoms. The minimum Gasteiger partial charge on any atom is -0.458 e. The minimum absolute atomic E-state index is 0.00515. The molecule has 1 aliphatic heterocycles. The van der Waals surface area contributed by atoms with Crippen molar-refractivity contribution >= 4 is 5.97 Å². The maximum Gasteiger partial charge on any atom is 0.338 e. The Bertz CT molecular complexity index is 605. The average molecular weight is 332 g/mol. The van der Waals surface area contributed by atoms with Gasteiger partial charge in [0.2, 0.25) is 0 Å². The zero-order valence-electron chi connectivity index (χ0n) is 14.6. The quantitative estimate of drug-likeness (QED) is 0.616. The summed E-state index contributed by atoms with van der Waals surface area (Å²) >= 11 is 0. The van der Waals surface area contributed by atoms with Crippen LogP contribution in [0.25, 0.3) is 0 Å². The van der Waals surface area contributed by atoms with Gasteiger partial charge in [-0.25, -0.2) is 4.79 Å². The van der Waals surface area contributed by atoms with Gasteiger partial charge in [-0.3, -0.25) is 0 Å². The van der Waals surface area contributed by atoms with Gasteiger partial charge in [-0.1, -0.05) is 38.2 Å². The standard InChI is InChI=1S/C20H28O4/c1-13-4-7-16-19(2,10-8-17(22)20(16,3)12-21)15(13)6-5-14-9-11-24-18(14)23/h5-6,9,15-17,21-22H,1,4,7-8,10-12H2,2-3H3/b6-5+/t15-,16-,17-,19+,20+/m0/s1. The van der Waals surface area contributed by atoms with Crippen LogP contribution in [0.3, 0.4) is 0 Å². The molecule has 0 aromatic heterocycles. The van der Waals surface area contributed by atoms with Gasteiger partial charge in [0.25, 0.3) is 0 Å². The van der Waals surface area contributed by atoms with E-state index < -0.39 is 11.5 Å². The first-order chi connectivity index (χ1) is 11.3. The third kappa shape index (κ3) is 2.56. The molecule has 2 N–H and O–H groups in total. The van der Waals surface area contributed by atoms with Crippen molar-refractivity contribution in [3.05, 3.63) is 36.0 Å². The summed E-state index contributed by atoms with van der Waals surface area (Å²) in [4.78, 5) is 11.7. The van der Waals surface area contributed by atoms with Gasteiger partial charge in [0.15, 0.2) is 0 Å². The van der Waals surface area contributed by atoms with Crippen molar-refractivity contribution in [2.24, 2.45) is 22.7 Å². The summed E-state index contributed by atoms with van der Waals surface area (Å²) in [5.41, 5.74) is 1.24. The Labute approximate surface area is 143 Å². The lowest BCUT2D eigenvalue weighted by Gasteiger charge is -2.59. The van der Waals surface area contributed by atoms with Crippen LogP contribution in [-0.2, 0) is 9.53 Å². The number of rotatable bonds is 3. The molecule has 2 saturated carbocycles. The highest BCUT2D eigenvalue weighted by atomic mass is 16.5. The fraction of sp³-hybridized carbons (Fsp3) is 0.650. The van der Waals surface area contributed by atoms with E-state index in [1.165, 1.54) is 5.57 Å². The molecule has 0 unspecified atom stereocenters. The smallest absolute Gasteiger partial charge is 0.338 e. The Morgan fingerprint density at radius 3 is 2.79 bits per heavy atom. The van der Waals surface area contributed by atoms with Crippen LogP contribution in [0.4, 0.5) is 0 Å². The molecule has 0 saturated heterocycles. The second-order valence-corrected chi connectivity index (χ2v) is 8.07. The predicted molar refractivity (Wildman–Crippen MR) is 92.1 cm³/mol. The number of cyclic esters (lactones) is 1. The molecule has 24 heavy (non-hydrogen) atoms. The number of hydrogen-bond acceptors (Lipinski definition) is 4. The van der Waals surface area contributed by atoms with E-state index in [1.54, 1.807) is 6.08 Å². The molecule has 0 bridgehead atoms. The van der Waals surface area contributed by atoms with Crippen LogP contribution in [-0.4, -0.2) is 35.5 Å². The third-order valence-electron chi connectivity index (χ3n) is 6.78. The van der Waals surface area contributed by atoms with Crippen molar-refractivity contribution < 1.29 is 19.7 Å². The molecule has 5 atom stereocenters. The molecule has 0 aromatic carbocycles. The Morgan fingerprint density at radius 2 is 2.17 bits per heavy atom. The lowest BCUT2D eigenvalue weighted by atomic mass is 9.46. The topological polar surface area (TPSA) is 66.8 Å². The molecule has 2 fully saturated rings. The molecule has 132 valence electrons. The van der Waals surface area contributed by atoms with Crippen molar-refractivity contribution in [2.75, 3.05) is 13.2 Å². The van der Waals surface area contributed by atoms with Crippen molar-refractivity contribution in [3.63, 3.8) is 0 Å². The molecule has 4 heteroatoms. The summed E-state index contributed by atoms with van der Waals surface area (Å²) in [6.07, 6.45) is 8.69. The van der Waals surface area contributed by atoms with Gasteiger partial charge < -0.3 is 14.9 Å². The van der Waals surface area contributed by atoms with Gasteiger partial charge in [0, 0.05) is 11.3 Å². The van der Waals surface area contributed by atoms with Crippen LogP contribution >= 0.6 is 0 Å². The zero-order chi connectivity index (χ0) is 17.5. The van der Waals surface area contributed by atoms with E-state index in [-0.39, 0.29) is 29.8 Å². The molecule has 0 radical (unpaired) electrons. The van der Waals surface area contributed by atoms with Gasteiger partial charge in [0.05, 0.1) is 18.3 Å². The SMILES string of the molecule is C=C1CC[C@H]2[C@](C)(CC[C@H](O)[C@]2(C)CO)[C@H]1/C=C/C1=CCOC1=O. The number of aliphatic hydroxyl groups excluding tert-OH is 2. The van der Waals surface area contributed by atoms with E-state index >= 15 is 0 Å². The first-order valence-corrected chi connectivity index (χ1v) is 8.85. The van der Waals surface area contributed by atoms with E-state index in [9.17, 15) is 15.0 Å².